The maximum absolute atomic E-state index is 5.51. The van der Waals surface area contributed by atoms with Gasteiger partial charge in [0.25, 0.3) is 0 Å². The average molecular weight is 275 g/mol. The van der Waals surface area contributed by atoms with E-state index in [1.54, 1.807) is 0 Å². The van der Waals surface area contributed by atoms with Crippen LogP contribution in [-0.4, -0.2) is 21.6 Å². The molecule has 0 fully saturated rings. The molecule has 0 saturated carbocycles. The molecule has 0 atom stereocenters. The molecule has 0 saturated heterocycles. The van der Waals surface area contributed by atoms with Crippen molar-refractivity contribution in [2.24, 2.45) is 0 Å². The molecule has 2 aromatic heterocycles. The predicted molar refractivity (Wildman–Crippen MR) is 58.5 cm³/mol. The molecule has 7 heteroatoms. The van der Waals surface area contributed by atoms with Gasteiger partial charge in [-0.1, -0.05) is 11.3 Å². The zero-order valence-electron chi connectivity index (χ0n) is 7.32. The summed E-state index contributed by atoms with van der Waals surface area (Å²) >= 11 is 4.71. The highest BCUT2D eigenvalue weighted by Crippen LogP contribution is 2.31. The van der Waals surface area contributed by atoms with Gasteiger partial charge >= 0.3 is 0 Å². The Balaban J connectivity index is 2.66. The summed E-state index contributed by atoms with van der Waals surface area (Å²) in [4.78, 5) is 12.1. The fourth-order valence-corrected chi connectivity index (χ4v) is 2.35. The summed E-state index contributed by atoms with van der Waals surface area (Å²) in [5, 5.41) is 0. The van der Waals surface area contributed by atoms with E-state index in [2.05, 4.69) is 30.9 Å². The van der Waals surface area contributed by atoms with Crippen LogP contribution in [0.2, 0.25) is 0 Å². The molecule has 2 N–H and O–H groups in total. The number of nitrogens with two attached hydrogens (primary N) is 1. The Morgan fingerprint density at radius 3 is 2.93 bits per heavy atom. The number of hydrogen-bond donors (Lipinski definition) is 1. The normalized spacial score (nSPS) is 10.7. The van der Waals surface area contributed by atoms with Crippen LogP contribution in [0.5, 0.6) is 5.88 Å². The lowest BCUT2D eigenvalue weighted by Gasteiger charge is -2.01. The van der Waals surface area contributed by atoms with Crippen LogP contribution in [0.4, 0.5) is 5.95 Å². The van der Waals surface area contributed by atoms with Crippen molar-refractivity contribution in [3.8, 4) is 5.88 Å². The number of rotatable bonds is 2. The Bertz CT molecular complexity index is 472. The van der Waals surface area contributed by atoms with Gasteiger partial charge in [-0.05, 0) is 22.9 Å². The van der Waals surface area contributed by atoms with Crippen molar-refractivity contribution in [2.45, 2.75) is 6.92 Å². The van der Waals surface area contributed by atoms with E-state index < -0.39 is 0 Å². The van der Waals surface area contributed by atoms with E-state index in [9.17, 15) is 0 Å². The van der Waals surface area contributed by atoms with Crippen LogP contribution >= 0.6 is 27.3 Å². The molecule has 2 heterocycles. The van der Waals surface area contributed by atoms with Gasteiger partial charge < -0.3 is 10.5 Å². The Kier molecular flexibility index (Phi) is 2.51. The van der Waals surface area contributed by atoms with Crippen LogP contribution in [0, 0.1) is 0 Å². The SMILES string of the molecule is CCOc1nc(N)nc2nc(Br)sc12. The molecular formula is C7H7BrN4OS. The van der Waals surface area contributed by atoms with Crippen molar-refractivity contribution in [2.75, 3.05) is 12.3 Å². The van der Waals surface area contributed by atoms with Crippen LogP contribution in [0.3, 0.4) is 0 Å². The molecule has 0 amide bonds. The zero-order chi connectivity index (χ0) is 10.1. The molecule has 0 radical (unpaired) electrons. The first kappa shape index (κ1) is 9.60. The first-order valence-electron chi connectivity index (χ1n) is 3.93. The van der Waals surface area contributed by atoms with E-state index in [1.165, 1.54) is 11.3 Å². The fraction of sp³-hybridized carbons (Fsp3) is 0.286. The molecule has 5 nitrogen and oxygen atoms in total. The first-order chi connectivity index (χ1) is 6.70. The van der Waals surface area contributed by atoms with Gasteiger partial charge in [0.1, 0.15) is 4.70 Å². The highest BCUT2D eigenvalue weighted by molar-refractivity contribution is 9.11. The van der Waals surface area contributed by atoms with E-state index in [0.29, 0.717) is 18.1 Å². The minimum Gasteiger partial charge on any atom is -0.477 e. The van der Waals surface area contributed by atoms with Crippen LogP contribution in [0.15, 0.2) is 3.92 Å². The van der Waals surface area contributed by atoms with Gasteiger partial charge in [-0.15, -0.1) is 0 Å². The number of ether oxygens (including phenoxy) is 1. The number of nitrogens with zero attached hydrogens (tertiary/aromatic N) is 3. The van der Waals surface area contributed by atoms with Gasteiger partial charge in [-0.3, -0.25) is 0 Å². The van der Waals surface area contributed by atoms with Crippen molar-refractivity contribution in [3.05, 3.63) is 3.92 Å². The van der Waals surface area contributed by atoms with Crippen molar-refractivity contribution >= 4 is 43.6 Å². The molecule has 74 valence electrons. The third-order valence-electron chi connectivity index (χ3n) is 1.50. The Hall–Kier alpha value is -0.950. The van der Waals surface area contributed by atoms with E-state index in [0.717, 1.165) is 8.62 Å². The monoisotopic (exact) mass is 274 g/mol. The number of anilines is 1. The van der Waals surface area contributed by atoms with Gasteiger partial charge in [0.15, 0.2) is 9.56 Å². The summed E-state index contributed by atoms with van der Waals surface area (Å²) in [6.07, 6.45) is 0. The standard InChI is InChI=1S/C7H7BrN4OS/c1-2-13-5-3-4(10-6(8)14-3)11-7(9)12-5/h2H2,1H3,(H2,9,11,12). The fourth-order valence-electron chi connectivity index (χ4n) is 1.02. The van der Waals surface area contributed by atoms with Crippen LogP contribution < -0.4 is 10.5 Å². The summed E-state index contributed by atoms with van der Waals surface area (Å²) in [5.41, 5.74) is 6.08. The quantitative estimate of drug-likeness (QED) is 0.905. The number of nitrogen functional groups attached to an aromatic ring is 1. The summed E-state index contributed by atoms with van der Waals surface area (Å²) in [5.74, 6) is 0.678. The van der Waals surface area contributed by atoms with E-state index in [-0.39, 0.29) is 5.95 Å². The molecule has 0 spiro atoms. The molecule has 14 heavy (non-hydrogen) atoms. The third kappa shape index (κ3) is 1.64. The Morgan fingerprint density at radius 1 is 1.43 bits per heavy atom. The number of hydrogen-bond acceptors (Lipinski definition) is 6. The molecule has 2 aromatic rings. The lowest BCUT2D eigenvalue weighted by atomic mass is 10.6. The maximum atomic E-state index is 5.51. The molecule has 0 aliphatic rings. The third-order valence-corrected chi connectivity index (χ3v) is 2.98. The van der Waals surface area contributed by atoms with Gasteiger partial charge in [0, 0.05) is 0 Å². The molecule has 2 rings (SSSR count). The largest absolute Gasteiger partial charge is 0.477 e. The highest BCUT2D eigenvalue weighted by atomic mass is 79.9. The Morgan fingerprint density at radius 2 is 2.21 bits per heavy atom. The molecular weight excluding hydrogens is 268 g/mol. The van der Waals surface area contributed by atoms with Crippen LogP contribution in [0.1, 0.15) is 6.92 Å². The van der Waals surface area contributed by atoms with Crippen LogP contribution in [0.25, 0.3) is 10.3 Å². The minimum atomic E-state index is 0.179. The summed E-state index contributed by atoms with van der Waals surface area (Å²) in [7, 11) is 0. The number of fused-ring (bicyclic) bond motifs is 1. The molecule has 0 aliphatic heterocycles. The first-order valence-corrected chi connectivity index (χ1v) is 5.54. The highest BCUT2D eigenvalue weighted by Gasteiger charge is 2.11. The van der Waals surface area contributed by atoms with Crippen molar-refractivity contribution in [1.82, 2.24) is 15.0 Å². The minimum absolute atomic E-state index is 0.179. The number of aromatic nitrogens is 3. The molecule has 0 aromatic carbocycles. The predicted octanol–water partition coefficient (Wildman–Crippen LogP) is 1.83. The van der Waals surface area contributed by atoms with Gasteiger partial charge in [0.05, 0.1) is 6.61 Å². The second kappa shape index (κ2) is 3.66. The number of halogens is 1. The molecule has 0 unspecified atom stereocenters. The van der Waals surface area contributed by atoms with Gasteiger partial charge in [0.2, 0.25) is 11.8 Å². The van der Waals surface area contributed by atoms with Crippen molar-refractivity contribution in [1.29, 1.82) is 0 Å². The lowest BCUT2D eigenvalue weighted by molar-refractivity contribution is 0.332. The maximum Gasteiger partial charge on any atom is 0.238 e. The smallest absolute Gasteiger partial charge is 0.238 e. The average Bonchev–Trinajstić information content (AvgIpc) is 2.45. The Labute approximate surface area is 92.5 Å². The summed E-state index contributed by atoms with van der Waals surface area (Å²) in [6, 6.07) is 0. The summed E-state index contributed by atoms with van der Waals surface area (Å²) in [6.45, 7) is 2.43. The van der Waals surface area contributed by atoms with Crippen molar-refractivity contribution < 1.29 is 4.74 Å². The van der Waals surface area contributed by atoms with E-state index in [1.807, 2.05) is 6.92 Å². The zero-order valence-corrected chi connectivity index (χ0v) is 9.72. The van der Waals surface area contributed by atoms with E-state index >= 15 is 0 Å². The van der Waals surface area contributed by atoms with Crippen LogP contribution in [-0.2, 0) is 0 Å². The second-order valence-corrected chi connectivity index (χ2v) is 4.71. The lowest BCUT2D eigenvalue weighted by Crippen LogP contribution is -2.00. The number of thiazole rings is 1. The van der Waals surface area contributed by atoms with Crippen molar-refractivity contribution in [3.63, 3.8) is 0 Å². The topological polar surface area (TPSA) is 73.9 Å². The van der Waals surface area contributed by atoms with Gasteiger partial charge in [-0.25, -0.2) is 4.98 Å². The summed E-state index contributed by atoms with van der Waals surface area (Å²) < 4.78 is 6.89. The van der Waals surface area contributed by atoms with Gasteiger partial charge in [-0.2, -0.15) is 9.97 Å². The molecule has 0 bridgehead atoms. The molecule has 0 aliphatic carbocycles. The van der Waals surface area contributed by atoms with E-state index in [4.69, 9.17) is 10.5 Å². The second-order valence-electron chi connectivity index (χ2n) is 2.44.